The highest BCUT2D eigenvalue weighted by molar-refractivity contribution is 7.89. The molecule has 0 saturated carbocycles. The average Bonchev–Trinajstić information content (AvgIpc) is 2.79. The van der Waals surface area contributed by atoms with Crippen molar-refractivity contribution in [2.75, 3.05) is 32.8 Å². The number of benzene rings is 2. The first-order valence-corrected chi connectivity index (χ1v) is 12.5. The van der Waals surface area contributed by atoms with Gasteiger partial charge < -0.3 is 9.47 Å². The molecule has 2 heterocycles. The van der Waals surface area contributed by atoms with Gasteiger partial charge in [0.15, 0.2) is 23.1 Å². The summed E-state index contributed by atoms with van der Waals surface area (Å²) in [7, 11) is -4.31. The average molecular weight is 505 g/mol. The Morgan fingerprint density at radius 2 is 1.85 bits per heavy atom. The number of sulfonamides is 1. The maximum atomic E-state index is 14.2. The molecule has 2 aromatic carbocycles. The van der Waals surface area contributed by atoms with Crippen LogP contribution in [0.25, 0.3) is 0 Å². The molecule has 1 saturated heterocycles. The molecule has 0 bridgehead atoms. The van der Waals surface area contributed by atoms with Gasteiger partial charge in [0.2, 0.25) is 10.0 Å². The fourth-order valence-electron chi connectivity index (χ4n) is 4.04. The van der Waals surface area contributed by atoms with E-state index < -0.39 is 37.9 Å². The highest BCUT2D eigenvalue weighted by Gasteiger charge is 2.29. The second-order valence-corrected chi connectivity index (χ2v) is 10.5. The van der Waals surface area contributed by atoms with E-state index in [9.17, 15) is 21.6 Å². The molecule has 6 nitrogen and oxygen atoms in total. The third kappa shape index (κ3) is 5.40. The summed E-state index contributed by atoms with van der Waals surface area (Å²) in [5.41, 5.74) is -0.664. The third-order valence-corrected chi connectivity index (χ3v) is 7.64. The highest BCUT2D eigenvalue weighted by atomic mass is 35.5. The van der Waals surface area contributed by atoms with Gasteiger partial charge in [0.25, 0.3) is 0 Å². The van der Waals surface area contributed by atoms with E-state index in [2.05, 4.69) is 9.62 Å². The molecular weight excluding hydrogens is 481 g/mol. The Balaban J connectivity index is 1.28. The maximum absolute atomic E-state index is 14.2. The van der Waals surface area contributed by atoms with Crippen LogP contribution in [0.5, 0.6) is 11.5 Å². The lowest BCUT2D eigenvalue weighted by molar-refractivity contribution is 0.0481. The van der Waals surface area contributed by atoms with Crippen LogP contribution in [0, 0.1) is 30.3 Å². The monoisotopic (exact) mass is 504 g/mol. The Bertz CT molecular complexity index is 1140. The molecule has 2 aliphatic rings. The zero-order valence-electron chi connectivity index (χ0n) is 17.9. The number of likely N-dealkylation sites (tertiary alicyclic amines) is 1. The van der Waals surface area contributed by atoms with Gasteiger partial charge in [0.1, 0.15) is 23.4 Å². The number of rotatable bonds is 6. The van der Waals surface area contributed by atoms with E-state index in [1.165, 1.54) is 0 Å². The van der Waals surface area contributed by atoms with Gasteiger partial charge in [-0.3, -0.25) is 4.90 Å². The van der Waals surface area contributed by atoms with Gasteiger partial charge in [0, 0.05) is 29.7 Å². The van der Waals surface area contributed by atoms with Gasteiger partial charge in [-0.25, -0.2) is 26.3 Å². The Morgan fingerprint density at radius 3 is 2.58 bits per heavy atom. The van der Waals surface area contributed by atoms with Crippen LogP contribution in [0.2, 0.25) is 5.02 Å². The second kappa shape index (κ2) is 9.69. The van der Waals surface area contributed by atoms with Crippen molar-refractivity contribution in [1.82, 2.24) is 9.62 Å². The minimum Gasteiger partial charge on any atom is -0.486 e. The molecule has 0 amide bonds. The van der Waals surface area contributed by atoms with Crippen LogP contribution in [0.15, 0.2) is 29.2 Å². The van der Waals surface area contributed by atoms with Crippen LogP contribution in [0.4, 0.5) is 13.2 Å². The topological polar surface area (TPSA) is 67.9 Å². The molecule has 0 radical (unpaired) electrons. The number of nitrogens with zero attached hydrogens (tertiary/aromatic N) is 1. The minimum absolute atomic E-state index is 0.0357. The number of ether oxygens (including phenoxy) is 2. The van der Waals surface area contributed by atoms with Crippen molar-refractivity contribution in [1.29, 1.82) is 0 Å². The summed E-state index contributed by atoms with van der Waals surface area (Å²) >= 11 is 6.01. The molecule has 1 N–H and O–H groups in total. The van der Waals surface area contributed by atoms with E-state index in [0.29, 0.717) is 35.7 Å². The summed E-state index contributed by atoms with van der Waals surface area (Å²) in [5, 5.41) is 0.569. The van der Waals surface area contributed by atoms with E-state index in [1.807, 2.05) is 0 Å². The van der Waals surface area contributed by atoms with Gasteiger partial charge in [-0.1, -0.05) is 11.6 Å². The van der Waals surface area contributed by atoms with Crippen molar-refractivity contribution in [3.8, 4) is 11.5 Å². The van der Waals surface area contributed by atoms with E-state index >= 15 is 0 Å². The second-order valence-electron chi connectivity index (χ2n) is 8.35. The molecule has 0 aromatic heterocycles. The minimum atomic E-state index is -4.31. The maximum Gasteiger partial charge on any atom is 0.243 e. The summed E-state index contributed by atoms with van der Waals surface area (Å²) in [5.74, 6) is -2.77. The predicted molar refractivity (Wildman–Crippen MR) is 117 cm³/mol. The van der Waals surface area contributed by atoms with Crippen molar-refractivity contribution < 1.29 is 31.1 Å². The van der Waals surface area contributed by atoms with Gasteiger partial charge in [-0.05, 0) is 57.0 Å². The van der Waals surface area contributed by atoms with Crippen LogP contribution in [-0.4, -0.2) is 52.2 Å². The first kappa shape index (κ1) is 24.1. The van der Waals surface area contributed by atoms with E-state index in [-0.39, 0.29) is 18.6 Å². The summed E-state index contributed by atoms with van der Waals surface area (Å²) in [6.07, 6.45) is 1.29. The highest BCUT2D eigenvalue weighted by Crippen LogP contribution is 2.34. The zero-order chi connectivity index (χ0) is 23.8. The molecule has 2 aliphatic heterocycles. The van der Waals surface area contributed by atoms with Crippen LogP contribution < -0.4 is 14.2 Å². The number of hydrogen-bond donors (Lipinski definition) is 1. The molecular formula is C22H24ClF3N2O4S. The predicted octanol–water partition coefficient (Wildman–Crippen LogP) is 3.90. The molecule has 4 rings (SSSR count). The number of piperidine rings is 1. The van der Waals surface area contributed by atoms with Gasteiger partial charge in [0.05, 0.1) is 0 Å². The number of nitrogens with one attached hydrogen (secondary N) is 1. The first-order chi connectivity index (χ1) is 15.6. The molecule has 11 heteroatoms. The van der Waals surface area contributed by atoms with Crippen LogP contribution in [0.3, 0.4) is 0 Å². The summed E-state index contributed by atoms with van der Waals surface area (Å²) in [4.78, 5) is 1.33. The van der Waals surface area contributed by atoms with Crippen LogP contribution in [-0.2, 0) is 10.0 Å². The lowest BCUT2D eigenvalue weighted by atomic mass is 9.97. The molecule has 33 heavy (non-hydrogen) atoms. The molecule has 1 unspecified atom stereocenters. The Hall–Kier alpha value is -2.01. The van der Waals surface area contributed by atoms with Crippen LogP contribution in [0.1, 0.15) is 18.4 Å². The summed E-state index contributed by atoms with van der Waals surface area (Å²) in [6.45, 7) is 3.62. The fourth-order valence-corrected chi connectivity index (χ4v) is 5.46. The lowest BCUT2D eigenvalue weighted by Crippen LogP contribution is -2.45. The first-order valence-electron chi connectivity index (χ1n) is 10.6. The summed E-state index contributed by atoms with van der Waals surface area (Å²) < 4.78 is 80.3. The van der Waals surface area contributed by atoms with E-state index in [0.717, 1.165) is 32.9 Å². The Morgan fingerprint density at radius 1 is 1.12 bits per heavy atom. The standard InChI is InChI=1S/C22H24ClF3N2O4S/c1-13-21(25)17(24)9-20(22(13)26)33(29,30)27-10-14-4-6-28(7-5-14)11-16-12-31-18-3-2-15(23)8-19(18)32-16/h2-3,8-9,14,16,27H,4-7,10-12H2,1H3. The molecule has 180 valence electrons. The van der Waals surface area contributed by atoms with Crippen molar-refractivity contribution in [3.05, 3.63) is 52.3 Å². The molecule has 1 fully saturated rings. The van der Waals surface area contributed by atoms with Crippen molar-refractivity contribution >= 4 is 21.6 Å². The molecule has 0 aliphatic carbocycles. The summed E-state index contributed by atoms with van der Waals surface area (Å²) in [6, 6.07) is 5.61. The lowest BCUT2D eigenvalue weighted by Gasteiger charge is -2.35. The van der Waals surface area contributed by atoms with Gasteiger partial charge in [-0.15, -0.1) is 0 Å². The fraction of sp³-hybridized carbons (Fsp3) is 0.455. The van der Waals surface area contributed by atoms with Gasteiger partial charge >= 0.3 is 0 Å². The van der Waals surface area contributed by atoms with Crippen LogP contribution >= 0.6 is 11.6 Å². The number of fused-ring (bicyclic) bond motifs is 1. The molecule has 2 aromatic rings. The molecule has 0 spiro atoms. The third-order valence-electron chi connectivity index (χ3n) is 5.99. The number of halogens is 4. The van der Waals surface area contributed by atoms with E-state index in [4.69, 9.17) is 21.1 Å². The molecule has 1 atom stereocenters. The number of hydrogen-bond acceptors (Lipinski definition) is 5. The zero-order valence-corrected chi connectivity index (χ0v) is 19.5. The smallest absolute Gasteiger partial charge is 0.243 e. The van der Waals surface area contributed by atoms with Gasteiger partial charge in [-0.2, -0.15) is 0 Å². The van der Waals surface area contributed by atoms with Crippen molar-refractivity contribution in [3.63, 3.8) is 0 Å². The largest absolute Gasteiger partial charge is 0.486 e. The normalized spacial score (nSPS) is 19.6. The van der Waals surface area contributed by atoms with E-state index in [1.54, 1.807) is 18.2 Å². The Kier molecular flexibility index (Phi) is 7.09. The SMILES string of the molecule is Cc1c(F)c(F)cc(S(=O)(=O)NCC2CCN(CC3COc4ccc(Cl)cc4O3)CC2)c1F. The Labute approximate surface area is 195 Å². The quantitative estimate of drug-likeness (QED) is 0.604. The van der Waals surface area contributed by atoms with Crippen molar-refractivity contribution in [2.24, 2.45) is 5.92 Å². The van der Waals surface area contributed by atoms with Crippen molar-refractivity contribution in [2.45, 2.75) is 30.8 Å².